The van der Waals surface area contributed by atoms with E-state index in [0.29, 0.717) is 23.5 Å². The van der Waals surface area contributed by atoms with E-state index in [9.17, 15) is 4.79 Å². The Kier molecular flexibility index (Phi) is 2.97. The maximum Gasteiger partial charge on any atom is 0.247 e. The molecule has 0 spiro atoms. The lowest BCUT2D eigenvalue weighted by atomic mass is 9.75. The van der Waals surface area contributed by atoms with Crippen LogP contribution in [-0.4, -0.2) is 35.1 Å². The summed E-state index contributed by atoms with van der Waals surface area (Å²) in [6, 6.07) is 0.346. The van der Waals surface area contributed by atoms with E-state index in [4.69, 9.17) is 4.74 Å². The molecule has 112 valence electrons. The molecule has 2 aliphatic heterocycles. The van der Waals surface area contributed by atoms with Crippen molar-refractivity contribution in [1.82, 2.24) is 9.97 Å². The van der Waals surface area contributed by atoms with Crippen molar-refractivity contribution in [1.29, 1.82) is 0 Å². The number of ether oxygens (including phenoxy) is 1. The number of carbonyl (C=O) groups is 1. The Bertz CT molecular complexity index is 577. The molecule has 3 unspecified atom stereocenters. The van der Waals surface area contributed by atoms with Gasteiger partial charge in [0.25, 0.3) is 0 Å². The van der Waals surface area contributed by atoms with E-state index in [-0.39, 0.29) is 11.9 Å². The standard InChI is InChI=1S/C15H20N4O2/c1-21-15-12-13(16-8-17-15)19-10-5-3-2-4-9(10)6-7-11(19)14(20)18-12/h8-11H,2-7H2,1H3,(H,18,20). The van der Waals surface area contributed by atoms with Crippen LogP contribution in [0, 0.1) is 5.92 Å². The first kappa shape index (κ1) is 12.9. The fourth-order valence-corrected chi connectivity index (χ4v) is 4.22. The quantitative estimate of drug-likeness (QED) is 0.855. The van der Waals surface area contributed by atoms with Crippen LogP contribution in [0.5, 0.6) is 5.88 Å². The highest BCUT2D eigenvalue weighted by Gasteiger charge is 2.46. The van der Waals surface area contributed by atoms with Crippen molar-refractivity contribution < 1.29 is 9.53 Å². The number of carbonyl (C=O) groups excluding carboxylic acids is 1. The lowest BCUT2D eigenvalue weighted by molar-refractivity contribution is -0.118. The van der Waals surface area contributed by atoms with Crippen molar-refractivity contribution in [3.05, 3.63) is 6.33 Å². The third kappa shape index (κ3) is 1.88. The summed E-state index contributed by atoms with van der Waals surface area (Å²) >= 11 is 0. The lowest BCUT2D eigenvalue weighted by Crippen LogP contribution is -2.59. The number of hydrogen-bond donors (Lipinski definition) is 1. The number of anilines is 2. The summed E-state index contributed by atoms with van der Waals surface area (Å²) in [6.07, 6.45) is 8.57. The molecule has 21 heavy (non-hydrogen) atoms. The molecular formula is C15H20N4O2. The van der Waals surface area contributed by atoms with Crippen LogP contribution in [0.4, 0.5) is 11.5 Å². The molecule has 1 aliphatic carbocycles. The second-order valence-electron chi connectivity index (χ2n) is 6.18. The molecule has 0 bridgehead atoms. The second-order valence-corrected chi connectivity index (χ2v) is 6.18. The number of hydrogen-bond acceptors (Lipinski definition) is 5. The lowest BCUT2D eigenvalue weighted by Gasteiger charge is -2.50. The molecule has 0 aromatic carbocycles. The predicted molar refractivity (Wildman–Crippen MR) is 78.5 cm³/mol. The zero-order chi connectivity index (χ0) is 14.4. The van der Waals surface area contributed by atoms with Gasteiger partial charge in [0.15, 0.2) is 5.82 Å². The van der Waals surface area contributed by atoms with Crippen LogP contribution >= 0.6 is 0 Å². The molecule has 2 fully saturated rings. The van der Waals surface area contributed by atoms with Gasteiger partial charge in [-0.3, -0.25) is 4.79 Å². The van der Waals surface area contributed by atoms with Gasteiger partial charge in [0.1, 0.15) is 18.1 Å². The largest absolute Gasteiger partial charge is 0.479 e. The van der Waals surface area contributed by atoms with Crippen molar-refractivity contribution in [3.8, 4) is 5.88 Å². The van der Waals surface area contributed by atoms with Crippen molar-refractivity contribution in [2.75, 3.05) is 17.3 Å². The Labute approximate surface area is 123 Å². The predicted octanol–water partition coefficient (Wildman–Crippen LogP) is 1.96. The first-order valence-electron chi connectivity index (χ1n) is 7.78. The molecule has 1 aromatic rings. The average Bonchev–Trinajstić information content (AvgIpc) is 2.54. The summed E-state index contributed by atoms with van der Waals surface area (Å²) in [4.78, 5) is 23.3. The molecule has 1 N–H and O–H groups in total. The monoisotopic (exact) mass is 288 g/mol. The fourth-order valence-electron chi connectivity index (χ4n) is 4.22. The van der Waals surface area contributed by atoms with E-state index < -0.39 is 0 Å². The zero-order valence-corrected chi connectivity index (χ0v) is 12.2. The van der Waals surface area contributed by atoms with Gasteiger partial charge in [-0.2, -0.15) is 4.98 Å². The minimum Gasteiger partial charge on any atom is -0.479 e. The van der Waals surface area contributed by atoms with Gasteiger partial charge in [0.2, 0.25) is 11.8 Å². The van der Waals surface area contributed by atoms with Gasteiger partial charge >= 0.3 is 0 Å². The third-order valence-electron chi connectivity index (χ3n) is 5.15. The topological polar surface area (TPSA) is 67.4 Å². The Morgan fingerprint density at radius 1 is 1.24 bits per heavy atom. The minimum absolute atomic E-state index is 0.0552. The minimum atomic E-state index is -0.0866. The highest BCUT2D eigenvalue weighted by atomic mass is 16.5. The normalized spacial score (nSPS) is 30.8. The summed E-state index contributed by atoms with van der Waals surface area (Å²) in [5.41, 5.74) is 0.632. The van der Waals surface area contributed by atoms with Gasteiger partial charge in [0.05, 0.1) is 7.11 Å². The van der Waals surface area contributed by atoms with Gasteiger partial charge in [-0.1, -0.05) is 12.8 Å². The number of amides is 1. The summed E-state index contributed by atoms with van der Waals surface area (Å²) in [5.74, 6) is 2.03. The maximum absolute atomic E-state index is 12.5. The Balaban J connectivity index is 1.81. The Hall–Kier alpha value is -1.85. The molecule has 3 heterocycles. The first-order chi connectivity index (χ1) is 10.3. The van der Waals surface area contributed by atoms with E-state index in [1.165, 1.54) is 25.6 Å². The zero-order valence-electron chi connectivity index (χ0n) is 12.2. The van der Waals surface area contributed by atoms with Gasteiger partial charge in [0, 0.05) is 6.04 Å². The molecule has 0 radical (unpaired) electrons. The van der Waals surface area contributed by atoms with Crippen LogP contribution in [0.25, 0.3) is 0 Å². The smallest absolute Gasteiger partial charge is 0.247 e. The molecule has 1 amide bonds. The maximum atomic E-state index is 12.5. The van der Waals surface area contributed by atoms with Crippen molar-refractivity contribution in [2.24, 2.45) is 5.92 Å². The van der Waals surface area contributed by atoms with E-state index in [1.54, 1.807) is 7.11 Å². The Morgan fingerprint density at radius 2 is 2.10 bits per heavy atom. The van der Waals surface area contributed by atoms with Gasteiger partial charge in [-0.15, -0.1) is 0 Å². The van der Waals surface area contributed by atoms with Crippen LogP contribution in [0.3, 0.4) is 0 Å². The summed E-state index contributed by atoms with van der Waals surface area (Å²) in [6.45, 7) is 0. The van der Waals surface area contributed by atoms with Crippen molar-refractivity contribution >= 4 is 17.4 Å². The molecule has 6 heteroatoms. The van der Waals surface area contributed by atoms with Crippen molar-refractivity contribution in [3.63, 3.8) is 0 Å². The van der Waals surface area contributed by atoms with Crippen LogP contribution < -0.4 is 15.0 Å². The molecule has 4 rings (SSSR count). The average molecular weight is 288 g/mol. The van der Waals surface area contributed by atoms with E-state index >= 15 is 0 Å². The van der Waals surface area contributed by atoms with Crippen LogP contribution in [0.2, 0.25) is 0 Å². The number of nitrogens with one attached hydrogen (secondary N) is 1. The van der Waals surface area contributed by atoms with Gasteiger partial charge < -0.3 is 15.0 Å². The SMILES string of the molecule is COc1ncnc2c1NC(=O)C1CCC3CCCCC3N21. The van der Waals surface area contributed by atoms with Gasteiger partial charge in [-0.25, -0.2) is 4.98 Å². The van der Waals surface area contributed by atoms with Crippen molar-refractivity contribution in [2.45, 2.75) is 50.6 Å². The van der Waals surface area contributed by atoms with Crippen LogP contribution in [0.1, 0.15) is 38.5 Å². The highest BCUT2D eigenvalue weighted by Crippen LogP contribution is 2.45. The molecule has 3 aliphatic rings. The number of methoxy groups -OCH3 is 1. The number of piperidine rings is 1. The second kappa shape index (κ2) is 4.86. The summed E-state index contributed by atoms with van der Waals surface area (Å²) < 4.78 is 5.28. The molecular weight excluding hydrogens is 268 g/mol. The van der Waals surface area contributed by atoms with E-state index in [2.05, 4.69) is 20.2 Å². The van der Waals surface area contributed by atoms with Gasteiger partial charge in [-0.05, 0) is 31.6 Å². The summed E-state index contributed by atoms with van der Waals surface area (Å²) in [5, 5.41) is 2.94. The molecule has 1 saturated carbocycles. The molecule has 1 saturated heterocycles. The van der Waals surface area contributed by atoms with E-state index in [1.807, 2.05) is 0 Å². The first-order valence-corrected chi connectivity index (χ1v) is 7.78. The molecule has 6 nitrogen and oxygen atoms in total. The molecule has 1 aromatic heterocycles. The summed E-state index contributed by atoms with van der Waals surface area (Å²) in [7, 11) is 1.57. The number of rotatable bonds is 1. The third-order valence-corrected chi connectivity index (χ3v) is 5.15. The number of fused-ring (bicyclic) bond motifs is 5. The van der Waals surface area contributed by atoms with Crippen LogP contribution in [-0.2, 0) is 4.79 Å². The van der Waals surface area contributed by atoms with E-state index in [0.717, 1.165) is 25.1 Å². The number of nitrogens with zero attached hydrogens (tertiary/aromatic N) is 3. The molecule has 3 atom stereocenters. The highest BCUT2D eigenvalue weighted by molar-refractivity contribution is 6.04. The Morgan fingerprint density at radius 3 is 2.95 bits per heavy atom. The fraction of sp³-hybridized carbons (Fsp3) is 0.667. The number of aromatic nitrogens is 2. The van der Waals surface area contributed by atoms with Crippen LogP contribution in [0.15, 0.2) is 6.33 Å².